The third kappa shape index (κ3) is 3.25. The van der Waals surface area contributed by atoms with Crippen molar-refractivity contribution in [3.05, 3.63) is 0 Å². The molecular formula is C15H30N2O. The number of nitrogens with zero attached hydrogens (tertiary/aromatic N) is 2. The predicted molar refractivity (Wildman–Crippen MR) is 75.9 cm³/mol. The highest BCUT2D eigenvalue weighted by molar-refractivity contribution is 4.99. The van der Waals surface area contributed by atoms with Crippen molar-refractivity contribution >= 4 is 0 Å². The fourth-order valence-corrected chi connectivity index (χ4v) is 3.37. The second-order valence-electron chi connectivity index (χ2n) is 7.07. The SMILES string of the molecule is CCOCCN1CC2(CCN(C(C)(C)C)CC2)C1. The summed E-state index contributed by atoms with van der Waals surface area (Å²) < 4.78 is 5.43. The zero-order chi connectivity index (χ0) is 13.2. The number of hydrogen-bond acceptors (Lipinski definition) is 3. The molecule has 0 N–H and O–H groups in total. The van der Waals surface area contributed by atoms with Crippen LogP contribution in [0.4, 0.5) is 0 Å². The molecule has 3 heteroatoms. The number of likely N-dealkylation sites (tertiary alicyclic amines) is 2. The van der Waals surface area contributed by atoms with Gasteiger partial charge in [-0.1, -0.05) is 0 Å². The molecule has 2 rings (SSSR count). The highest BCUT2D eigenvalue weighted by Gasteiger charge is 2.45. The van der Waals surface area contributed by atoms with Crippen molar-refractivity contribution in [2.24, 2.45) is 5.41 Å². The lowest BCUT2D eigenvalue weighted by Crippen LogP contribution is -2.62. The van der Waals surface area contributed by atoms with Crippen LogP contribution in [0.15, 0.2) is 0 Å². The van der Waals surface area contributed by atoms with Gasteiger partial charge in [0.2, 0.25) is 0 Å². The van der Waals surface area contributed by atoms with Gasteiger partial charge in [0.15, 0.2) is 0 Å². The predicted octanol–water partition coefficient (Wildman–Crippen LogP) is 2.22. The number of hydrogen-bond donors (Lipinski definition) is 0. The lowest BCUT2D eigenvalue weighted by molar-refractivity contribution is -0.0693. The van der Waals surface area contributed by atoms with Crippen molar-refractivity contribution in [2.45, 2.75) is 46.1 Å². The van der Waals surface area contributed by atoms with Crippen molar-refractivity contribution in [2.75, 3.05) is 45.9 Å². The molecule has 0 saturated carbocycles. The number of ether oxygens (including phenoxy) is 1. The molecule has 0 amide bonds. The molecule has 0 radical (unpaired) electrons. The van der Waals surface area contributed by atoms with Crippen LogP contribution in [0.2, 0.25) is 0 Å². The zero-order valence-electron chi connectivity index (χ0n) is 12.7. The van der Waals surface area contributed by atoms with Gasteiger partial charge in [-0.3, -0.25) is 9.80 Å². The molecule has 106 valence electrons. The summed E-state index contributed by atoms with van der Waals surface area (Å²) in [6.45, 7) is 17.1. The smallest absolute Gasteiger partial charge is 0.0593 e. The van der Waals surface area contributed by atoms with Gasteiger partial charge in [0.25, 0.3) is 0 Å². The first-order valence-corrected chi connectivity index (χ1v) is 7.50. The third-order valence-electron chi connectivity index (χ3n) is 4.65. The number of rotatable bonds is 4. The average Bonchev–Trinajstić information content (AvgIpc) is 2.26. The standard InChI is InChI=1S/C15H30N2O/c1-5-18-11-10-16-12-15(13-16)6-8-17(9-7-15)14(2,3)4/h5-13H2,1-4H3. The van der Waals surface area contributed by atoms with E-state index in [2.05, 4.69) is 37.5 Å². The monoisotopic (exact) mass is 254 g/mol. The van der Waals surface area contributed by atoms with Crippen molar-refractivity contribution < 1.29 is 4.74 Å². The quantitative estimate of drug-likeness (QED) is 0.716. The molecule has 2 saturated heterocycles. The molecular weight excluding hydrogens is 224 g/mol. The molecule has 18 heavy (non-hydrogen) atoms. The molecule has 0 aliphatic carbocycles. The summed E-state index contributed by atoms with van der Waals surface area (Å²) in [5.74, 6) is 0. The normalized spacial score (nSPS) is 25.3. The van der Waals surface area contributed by atoms with Crippen molar-refractivity contribution in [1.82, 2.24) is 9.80 Å². The van der Waals surface area contributed by atoms with Gasteiger partial charge in [-0.2, -0.15) is 0 Å². The third-order valence-corrected chi connectivity index (χ3v) is 4.65. The Bertz CT molecular complexity index is 256. The van der Waals surface area contributed by atoms with E-state index in [1.54, 1.807) is 0 Å². The van der Waals surface area contributed by atoms with E-state index in [9.17, 15) is 0 Å². The van der Waals surface area contributed by atoms with Crippen LogP contribution in [0.3, 0.4) is 0 Å². The second kappa shape index (κ2) is 5.48. The van der Waals surface area contributed by atoms with E-state index in [0.717, 1.165) is 19.8 Å². The first-order valence-electron chi connectivity index (χ1n) is 7.50. The Morgan fingerprint density at radius 2 is 1.72 bits per heavy atom. The Morgan fingerprint density at radius 3 is 2.22 bits per heavy atom. The van der Waals surface area contributed by atoms with Gasteiger partial charge < -0.3 is 4.74 Å². The van der Waals surface area contributed by atoms with Crippen molar-refractivity contribution in [3.63, 3.8) is 0 Å². The molecule has 2 fully saturated rings. The van der Waals surface area contributed by atoms with Crippen LogP contribution in [0.25, 0.3) is 0 Å². The average molecular weight is 254 g/mol. The molecule has 2 aliphatic rings. The minimum absolute atomic E-state index is 0.347. The largest absolute Gasteiger partial charge is 0.380 e. The summed E-state index contributed by atoms with van der Waals surface area (Å²) >= 11 is 0. The maximum Gasteiger partial charge on any atom is 0.0593 e. The van der Waals surface area contributed by atoms with Crippen molar-refractivity contribution in [1.29, 1.82) is 0 Å². The van der Waals surface area contributed by atoms with Gasteiger partial charge in [-0.05, 0) is 59.0 Å². The highest BCUT2D eigenvalue weighted by Crippen LogP contribution is 2.41. The van der Waals surface area contributed by atoms with E-state index in [-0.39, 0.29) is 0 Å². The Kier molecular flexibility index (Phi) is 4.35. The maximum atomic E-state index is 5.43. The van der Waals surface area contributed by atoms with Gasteiger partial charge >= 0.3 is 0 Å². The maximum absolute atomic E-state index is 5.43. The summed E-state index contributed by atoms with van der Waals surface area (Å²) in [5, 5.41) is 0. The van der Waals surface area contributed by atoms with Crippen LogP contribution in [0, 0.1) is 5.41 Å². The van der Waals surface area contributed by atoms with Crippen LogP contribution in [0.5, 0.6) is 0 Å². The molecule has 1 spiro atoms. The molecule has 0 aromatic heterocycles. The van der Waals surface area contributed by atoms with E-state index in [0.29, 0.717) is 11.0 Å². The molecule has 2 aliphatic heterocycles. The van der Waals surface area contributed by atoms with Gasteiger partial charge in [-0.25, -0.2) is 0 Å². The minimum atomic E-state index is 0.347. The molecule has 0 aromatic rings. The zero-order valence-corrected chi connectivity index (χ0v) is 12.7. The van der Waals surface area contributed by atoms with E-state index in [1.807, 2.05) is 0 Å². The molecule has 0 unspecified atom stereocenters. The van der Waals surface area contributed by atoms with E-state index in [4.69, 9.17) is 4.74 Å². The first-order chi connectivity index (χ1) is 8.45. The van der Waals surface area contributed by atoms with Crippen molar-refractivity contribution in [3.8, 4) is 0 Å². The van der Waals surface area contributed by atoms with Crippen LogP contribution < -0.4 is 0 Å². The number of piperidine rings is 1. The van der Waals surface area contributed by atoms with Gasteiger partial charge in [0.1, 0.15) is 0 Å². The molecule has 2 heterocycles. The molecule has 0 aromatic carbocycles. The van der Waals surface area contributed by atoms with E-state index < -0.39 is 0 Å². The lowest BCUT2D eigenvalue weighted by atomic mass is 9.71. The molecule has 0 bridgehead atoms. The lowest BCUT2D eigenvalue weighted by Gasteiger charge is -2.55. The molecule has 0 atom stereocenters. The summed E-state index contributed by atoms with van der Waals surface area (Å²) in [5.41, 5.74) is 0.994. The highest BCUT2D eigenvalue weighted by atomic mass is 16.5. The topological polar surface area (TPSA) is 15.7 Å². The Labute approximate surface area is 112 Å². The van der Waals surface area contributed by atoms with Crippen LogP contribution >= 0.6 is 0 Å². The molecule has 3 nitrogen and oxygen atoms in total. The van der Waals surface area contributed by atoms with E-state index >= 15 is 0 Å². The Morgan fingerprint density at radius 1 is 1.11 bits per heavy atom. The Hall–Kier alpha value is -0.120. The van der Waals surface area contributed by atoms with E-state index in [1.165, 1.54) is 39.0 Å². The summed E-state index contributed by atoms with van der Waals surface area (Å²) in [6.07, 6.45) is 2.77. The minimum Gasteiger partial charge on any atom is -0.380 e. The summed E-state index contributed by atoms with van der Waals surface area (Å²) in [6, 6.07) is 0. The fraction of sp³-hybridized carbons (Fsp3) is 1.00. The Balaban J connectivity index is 1.69. The first kappa shape index (κ1) is 14.3. The fourth-order valence-electron chi connectivity index (χ4n) is 3.37. The van der Waals surface area contributed by atoms with Gasteiger partial charge in [0.05, 0.1) is 6.61 Å². The summed E-state index contributed by atoms with van der Waals surface area (Å²) in [4.78, 5) is 5.20. The van der Waals surface area contributed by atoms with Crippen LogP contribution in [-0.2, 0) is 4.74 Å². The van der Waals surface area contributed by atoms with Crippen LogP contribution in [0.1, 0.15) is 40.5 Å². The van der Waals surface area contributed by atoms with Gasteiger partial charge in [0, 0.05) is 31.8 Å². The van der Waals surface area contributed by atoms with Gasteiger partial charge in [-0.15, -0.1) is 0 Å². The summed E-state index contributed by atoms with van der Waals surface area (Å²) in [7, 11) is 0. The second-order valence-corrected chi connectivity index (χ2v) is 7.07. The van der Waals surface area contributed by atoms with Crippen LogP contribution in [-0.4, -0.2) is 61.3 Å².